The molecule has 0 aliphatic rings. The number of nitrogens with zero attached hydrogens (tertiary/aromatic N) is 2. The maximum absolute atomic E-state index is 12.4. The SMILES string of the molecule is CNC(=O)c1ccc(CN(C)C(=O)CN(C)S(=O)(=O)c2cccs2)cc1. The smallest absolute Gasteiger partial charge is 0.252 e. The van der Waals surface area contributed by atoms with E-state index < -0.39 is 10.0 Å². The molecule has 0 spiro atoms. The van der Waals surface area contributed by atoms with Crippen molar-refractivity contribution in [2.24, 2.45) is 0 Å². The fourth-order valence-electron chi connectivity index (χ4n) is 2.23. The molecule has 7 nitrogen and oxygen atoms in total. The Bertz CT molecular complexity index is 862. The van der Waals surface area contributed by atoms with Gasteiger partial charge in [0.05, 0.1) is 6.54 Å². The first-order valence-corrected chi connectivity index (χ1v) is 10.1. The summed E-state index contributed by atoms with van der Waals surface area (Å²) in [5, 5.41) is 4.22. The summed E-state index contributed by atoms with van der Waals surface area (Å²) in [6, 6.07) is 10.1. The van der Waals surface area contributed by atoms with Crippen molar-refractivity contribution < 1.29 is 18.0 Å². The molecule has 1 heterocycles. The van der Waals surface area contributed by atoms with E-state index in [4.69, 9.17) is 0 Å². The van der Waals surface area contributed by atoms with Crippen LogP contribution in [0.4, 0.5) is 0 Å². The predicted octanol–water partition coefficient (Wildman–Crippen LogP) is 1.39. The zero-order chi connectivity index (χ0) is 19.3. The fourth-order valence-corrected chi connectivity index (χ4v) is 4.55. The van der Waals surface area contributed by atoms with Gasteiger partial charge < -0.3 is 10.2 Å². The summed E-state index contributed by atoms with van der Waals surface area (Å²) in [6.45, 7) is 0.0762. The average Bonchev–Trinajstić information content (AvgIpc) is 3.17. The molecule has 140 valence electrons. The molecule has 0 atom stereocenters. The van der Waals surface area contributed by atoms with Crippen LogP contribution in [0, 0.1) is 0 Å². The zero-order valence-corrected chi connectivity index (χ0v) is 16.4. The highest BCUT2D eigenvalue weighted by Crippen LogP contribution is 2.19. The largest absolute Gasteiger partial charge is 0.355 e. The fraction of sp³-hybridized carbons (Fsp3) is 0.294. The highest BCUT2D eigenvalue weighted by atomic mass is 32.2. The number of nitrogens with one attached hydrogen (secondary N) is 1. The van der Waals surface area contributed by atoms with Gasteiger partial charge in [0.2, 0.25) is 5.91 Å². The maximum Gasteiger partial charge on any atom is 0.252 e. The average molecular weight is 396 g/mol. The van der Waals surface area contributed by atoms with Crippen LogP contribution in [0.5, 0.6) is 0 Å². The number of rotatable bonds is 7. The predicted molar refractivity (Wildman–Crippen MR) is 100 cm³/mol. The van der Waals surface area contributed by atoms with Crippen LogP contribution in [0.1, 0.15) is 15.9 Å². The molecule has 0 radical (unpaired) electrons. The van der Waals surface area contributed by atoms with Crippen molar-refractivity contribution in [2.45, 2.75) is 10.8 Å². The van der Waals surface area contributed by atoms with Gasteiger partial charge in [-0.15, -0.1) is 11.3 Å². The van der Waals surface area contributed by atoms with Crippen molar-refractivity contribution in [1.82, 2.24) is 14.5 Å². The molecule has 0 bridgehead atoms. The Morgan fingerprint density at radius 3 is 2.31 bits per heavy atom. The summed E-state index contributed by atoms with van der Waals surface area (Å²) in [7, 11) is 0.903. The van der Waals surface area contributed by atoms with E-state index in [0.29, 0.717) is 12.1 Å². The number of benzene rings is 1. The molecule has 1 aromatic carbocycles. The van der Waals surface area contributed by atoms with E-state index in [1.807, 2.05) is 0 Å². The van der Waals surface area contributed by atoms with Crippen molar-refractivity contribution in [2.75, 3.05) is 27.7 Å². The van der Waals surface area contributed by atoms with Crippen LogP contribution >= 0.6 is 11.3 Å². The molecule has 0 unspecified atom stereocenters. The Morgan fingerprint density at radius 2 is 1.77 bits per heavy atom. The molecule has 0 saturated carbocycles. The summed E-state index contributed by atoms with van der Waals surface area (Å²) in [6.07, 6.45) is 0. The van der Waals surface area contributed by atoms with Gasteiger partial charge in [-0.05, 0) is 29.1 Å². The number of carbonyl (C=O) groups is 2. The van der Waals surface area contributed by atoms with Crippen molar-refractivity contribution >= 4 is 33.2 Å². The van der Waals surface area contributed by atoms with Crippen LogP contribution < -0.4 is 5.32 Å². The molecule has 1 aromatic heterocycles. The monoisotopic (exact) mass is 395 g/mol. The second-order valence-corrected chi connectivity index (χ2v) is 8.94. The lowest BCUT2D eigenvalue weighted by Crippen LogP contribution is -2.38. The first kappa shape index (κ1) is 20.1. The van der Waals surface area contributed by atoms with Gasteiger partial charge in [0.1, 0.15) is 4.21 Å². The van der Waals surface area contributed by atoms with Crippen LogP contribution in [0.25, 0.3) is 0 Å². The Hall–Kier alpha value is -2.23. The van der Waals surface area contributed by atoms with Gasteiger partial charge in [-0.1, -0.05) is 18.2 Å². The van der Waals surface area contributed by atoms with Crippen molar-refractivity contribution in [3.05, 3.63) is 52.9 Å². The summed E-state index contributed by atoms with van der Waals surface area (Å²) >= 11 is 1.11. The molecule has 0 aliphatic heterocycles. The van der Waals surface area contributed by atoms with E-state index in [1.54, 1.807) is 49.8 Å². The highest BCUT2D eigenvalue weighted by Gasteiger charge is 2.25. The lowest BCUT2D eigenvalue weighted by molar-refractivity contribution is -0.130. The number of amides is 2. The topological polar surface area (TPSA) is 86.8 Å². The minimum Gasteiger partial charge on any atom is -0.355 e. The van der Waals surface area contributed by atoms with E-state index in [2.05, 4.69) is 5.32 Å². The van der Waals surface area contributed by atoms with Crippen molar-refractivity contribution in [3.63, 3.8) is 0 Å². The number of likely N-dealkylation sites (N-methyl/N-ethyl adjacent to an activating group) is 2. The summed E-state index contributed by atoms with van der Waals surface area (Å²) in [4.78, 5) is 25.3. The molecule has 1 N–H and O–H groups in total. The lowest BCUT2D eigenvalue weighted by atomic mass is 10.1. The van der Waals surface area contributed by atoms with Crippen LogP contribution in [0.3, 0.4) is 0 Å². The second kappa shape index (κ2) is 8.43. The molecule has 2 amide bonds. The standard InChI is InChI=1S/C17H21N3O4S2/c1-18-17(22)14-8-6-13(7-9-14)11-19(2)15(21)12-20(3)26(23,24)16-5-4-10-25-16/h4-10H,11-12H2,1-3H3,(H,18,22). The number of hydrogen-bond acceptors (Lipinski definition) is 5. The highest BCUT2D eigenvalue weighted by molar-refractivity contribution is 7.91. The molecule has 0 aliphatic carbocycles. The maximum atomic E-state index is 12.4. The number of thiophene rings is 1. The third-order valence-electron chi connectivity index (χ3n) is 3.81. The van der Waals surface area contributed by atoms with Gasteiger partial charge in [0, 0.05) is 33.3 Å². The van der Waals surface area contributed by atoms with E-state index >= 15 is 0 Å². The third-order valence-corrected chi connectivity index (χ3v) is 6.98. The number of carbonyl (C=O) groups excluding carboxylic acids is 2. The molecule has 9 heteroatoms. The van der Waals surface area contributed by atoms with Crippen LogP contribution in [0.2, 0.25) is 0 Å². The van der Waals surface area contributed by atoms with Gasteiger partial charge in [-0.3, -0.25) is 9.59 Å². The van der Waals surface area contributed by atoms with Crippen LogP contribution in [-0.2, 0) is 21.4 Å². The van der Waals surface area contributed by atoms with E-state index in [0.717, 1.165) is 21.2 Å². The first-order valence-electron chi connectivity index (χ1n) is 7.80. The molecule has 0 saturated heterocycles. The van der Waals surface area contributed by atoms with Gasteiger partial charge in [-0.25, -0.2) is 8.42 Å². The third kappa shape index (κ3) is 4.69. The summed E-state index contributed by atoms with van der Waals surface area (Å²) in [5.41, 5.74) is 1.38. The molecule has 0 fully saturated rings. The zero-order valence-electron chi connectivity index (χ0n) is 14.8. The van der Waals surface area contributed by atoms with Gasteiger partial charge in [0.25, 0.3) is 15.9 Å². The summed E-state index contributed by atoms with van der Waals surface area (Å²) in [5.74, 6) is -0.496. The Kier molecular flexibility index (Phi) is 6.52. The van der Waals surface area contributed by atoms with Crippen molar-refractivity contribution in [1.29, 1.82) is 0 Å². The quantitative estimate of drug-likeness (QED) is 0.767. The molecule has 26 heavy (non-hydrogen) atoms. The molecular formula is C17H21N3O4S2. The minimum absolute atomic E-state index is 0.179. The van der Waals surface area contributed by atoms with E-state index in [1.165, 1.54) is 18.0 Å². The number of sulfonamides is 1. The van der Waals surface area contributed by atoms with Gasteiger partial charge in [0.15, 0.2) is 0 Å². The van der Waals surface area contributed by atoms with Gasteiger partial charge >= 0.3 is 0 Å². The first-order chi connectivity index (χ1) is 12.3. The normalized spacial score (nSPS) is 11.4. The molecule has 2 aromatic rings. The Balaban J connectivity index is 1.98. The van der Waals surface area contributed by atoms with E-state index in [-0.39, 0.29) is 22.6 Å². The molecule has 2 rings (SSSR count). The Morgan fingerprint density at radius 1 is 1.12 bits per heavy atom. The molecular weight excluding hydrogens is 374 g/mol. The van der Waals surface area contributed by atoms with E-state index in [9.17, 15) is 18.0 Å². The lowest BCUT2D eigenvalue weighted by Gasteiger charge is -2.21. The van der Waals surface area contributed by atoms with Gasteiger partial charge in [-0.2, -0.15) is 4.31 Å². The van der Waals surface area contributed by atoms with Crippen molar-refractivity contribution in [3.8, 4) is 0 Å². The summed E-state index contributed by atoms with van der Waals surface area (Å²) < 4.78 is 26.0. The minimum atomic E-state index is -3.66. The second-order valence-electron chi connectivity index (χ2n) is 5.72. The van der Waals surface area contributed by atoms with Crippen LogP contribution in [-0.4, -0.2) is 57.1 Å². The Labute approximate surface area is 157 Å². The number of hydrogen-bond donors (Lipinski definition) is 1. The van der Waals surface area contributed by atoms with Crippen LogP contribution in [0.15, 0.2) is 46.0 Å².